The molecule has 1 saturated heterocycles. The van der Waals surface area contributed by atoms with Gasteiger partial charge in [0.05, 0.1) is 4.90 Å². The van der Waals surface area contributed by atoms with E-state index in [2.05, 4.69) is 4.98 Å². The van der Waals surface area contributed by atoms with E-state index in [1.807, 2.05) is 0 Å². The molecule has 0 N–H and O–H groups in total. The van der Waals surface area contributed by atoms with Crippen LogP contribution in [0.3, 0.4) is 0 Å². The van der Waals surface area contributed by atoms with Crippen molar-refractivity contribution in [2.45, 2.75) is 11.3 Å². The maximum atomic E-state index is 13.1. The predicted molar refractivity (Wildman–Crippen MR) is 107 cm³/mol. The van der Waals surface area contributed by atoms with Crippen molar-refractivity contribution in [3.63, 3.8) is 0 Å². The first kappa shape index (κ1) is 20.2. The molecule has 1 aliphatic rings. The molecule has 0 aliphatic carbocycles. The van der Waals surface area contributed by atoms with Crippen LogP contribution in [0.15, 0.2) is 64.5 Å². The molecular formula is C20H19FN4O4S. The lowest BCUT2D eigenvalue weighted by molar-refractivity contribution is 0.0762. The van der Waals surface area contributed by atoms with E-state index in [4.69, 9.17) is 0 Å². The second-order valence-electron chi connectivity index (χ2n) is 6.91. The number of rotatable bonds is 3. The minimum atomic E-state index is -3.80. The largest absolute Gasteiger partial charge is 0.337 e. The fourth-order valence-electron chi connectivity index (χ4n) is 3.44. The Labute approximate surface area is 172 Å². The quantitative estimate of drug-likeness (QED) is 0.626. The summed E-state index contributed by atoms with van der Waals surface area (Å²) in [6, 6.07) is 9.73. The minimum absolute atomic E-state index is 0.000602. The summed E-state index contributed by atoms with van der Waals surface area (Å²) >= 11 is 0. The first-order valence-electron chi connectivity index (χ1n) is 9.39. The van der Waals surface area contributed by atoms with Gasteiger partial charge in [0, 0.05) is 38.6 Å². The molecule has 0 bridgehead atoms. The van der Waals surface area contributed by atoms with Crippen LogP contribution in [0.1, 0.15) is 16.8 Å². The van der Waals surface area contributed by atoms with Crippen LogP contribution in [0.5, 0.6) is 0 Å². The Morgan fingerprint density at radius 3 is 2.53 bits per heavy atom. The van der Waals surface area contributed by atoms with Crippen LogP contribution in [-0.2, 0) is 10.0 Å². The molecule has 0 unspecified atom stereocenters. The zero-order valence-corrected chi connectivity index (χ0v) is 16.8. The summed E-state index contributed by atoms with van der Waals surface area (Å²) in [6.07, 6.45) is 3.22. The van der Waals surface area contributed by atoms with Gasteiger partial charge in [0.15, 0.2) is 0 Å². The van der Waals surface area contributed by atoms with Crippen LogP contribution in [0.2, 0.25) is 0 Å². The Morgan fingerprint density at radius 2 is 1.77 bits per heavy atom. The van der Waals surface area contributed by atoms with E-state index in [0.29, 0.717) is 18.6 Å². The zero-order valence-electron chi connectivity index (χ0n) is 15.9. The number of fused-ring (bicyclic) bond motifs is 1. The van der Waals surface area contributed by atoms with Crippen molar-refractivity contribution >= 4 is 21.6 Å². The lowest BCUT2D eigenvalue weighted by Gasteiger charge is -2.22. The van der Waals surface area contributed by atoms with E-state index >= 15 is 0 Å². The Kier molecular flexibility index (Phi) is 5.35. The molecule has 4 rings (SSSR count). The molecule has 0 saturated carbocycles. The van der Waals surface area contributed by atoms with Crippen molar-refractivity contribution in [1.29, 1.82) is 0 Å². The van der Waals surface area contributed by atoms with Crippen molar-refractivity contribution in [3.05, 3.63) is 76.6 Å². The molecule has 0 radical (unpaired) electrons. The maximum absolute atomic E-state index is 13.1. The fraction of sp³-hybridized carbons (Fsp3) is 0.250. The van der Waals surface area contributed by atoms with Crippen molar-refractivity contribution in [2.24, 2.45) is 0 Å². The average molecular weight is 430 g/mol. The summed E-state index contributed by atoms with van der Waals surface area (Å²) in [5.41, 5.74) is -0.0920. The summed E-state index contributed by atoms with van der Waals surface area (Å²) in [6.45, 7) is 0.744. The summed E-state index contributed by atoms with van der Waals surface area (Å²) in [5.74, 6) is -0.997. The van der Waals surface area contributed by atoms with Crippen LogP contribution < -0.4 is 5.56 Å². The summed E-state index contributed by atoms with van der Waals surface area (Å²) < 4.78 is 41.4. The van der Waals surface area contributed by atoms with Gasteiger partial charge >= 0.3 is 0 Å². The van der Waals surface area contributed by atoms with E-state index in [1.165, 1.54) is 31.9 Å². The second-order valence-corrected chi connectivity index (χ2v) is 8.85. The predicted octanol–water partition coefficient (Wildman–Crippen LogP) is 1.37. The van der Waals surface area contributed by atoms with Gasteiger partial charge in [0.25, 0.3) is 11.5 Å². The molecule has 8 nitrogen and oxygen atoms in total. The zero-order chi connectivity index (χ0) is 21.3. The molecular weight excluding hydrogens is 411 g/mol. The van der Waals surface area contributed by atoms with Crippen molar-refractivity contribution < 1.29 is 17.6 Å². The number of carbonyl (C=O) groups excluding carboxylic acids is 1. The van der Waals surface area contributed by atoms with Gasteiger partial charge in [0.1, 0.15) is 17.0 Å². The maximum Gasteiger partial charge on any atom is 0.270 e. The number of amides is 1. The Hall–Kier alpha value is -3.11. The molecule has 1 aromatic carbocycles. The molecule has 1 amide bonds. The number of halogens is 1. The molecule has 1 aliphatic heterocycles. The number of pyridine rings is 1. The minimum Gasteiger partial charge on any atom is -0.337 e. The highest BCUT2D eigenvalue weighted by Crippen LogP contribution is 2.18. The SMILES string of the molecule is O=C(c1cnc2ccccn2c1=O)N1CCCN(S(=O)(=O)c2ccc(F)cc2)CC1. The molecule has 30 heavy (non-hydrogen) atoms. The standard InChI is InChI=1S/C20H19FN4O4S/c21-15-5-7-16(8-6-15)30(28,29)24-10-3-9-23(12-13-24)19(26)17-14-22-18-4-1-2-11-25(18)20(17)27/h1-2,4-8,11,14H,3,9-10,12-13H2. The number of benzene rings is 1. The highest BCUT2D eigenvalue weighted by molar-refractivity contribution is 7.89. The smallest absolute Gasteiger partial charge is 0.270 e. The van der Waals surface area contributed by atoms with Crippen molar-refractivity contribution in [2.75, 3.05) is 26.2 Å². The molecule has 3 aromatic rings. The monoisotopic (exact) mass is 430 g/mol. The molecule has 156 valence electrons. The van der Waals surface area contributed by atoms with Crippen molar-refractivity contribution in [3.8, 4) is 0 Å². The van der Waals surface area contributed by atoms with E-state index in [0.717, 1.165) is 12.1 Å². The topological polar surface area (TPSA) is 92.1 Å². The van der Waals surface area contributed by atoms with Gasteiger partial charge < -0.3 is 4.90 Å². The van der Waals surface area contributed by atoms with Gasteiger partial charge in [-0.25, -0.2) is 17.8 Å². The van der Waals surface area contributed by atoms with Crippen LogP contribution in [-0.4, -0.2) is 59.1 Å². The first-order valence-corrected chi connectivity index (χ1v) is 10.8. The number of nitrogens with zero attached hydrogens (tertiary/aromatic N) is 4. The number of sulfonamides is 1. The Morgan fingerprint density at radius 1 is 1.00 bits per heavy atom. The third-order valence-electron chi connectivity index (χ3n) is 5.04. The summed E-state index contributed by atoms with van der Waals surface area (Å²) in [7, 11) is -3.80. The molecule has 2 aromatic heterocycles. The number of carbonyl (C=O) groups is 1. The summed E-state index contributed by atoms with van der Waals surface area (Å²) in [5, 5.41) is 0. The lowest BCUT2D eigenvalue weighted by Crippen LogP contribution is -2.39. The molecule has 10 heteroatoms. The van der Waals surface area contributed by atoms with Gasteiger partial charge in [0.2, 0.25) is 10.0 Å². The molecule has 0 spiro atoms. The van der Waals surface area contributed by atoms with Crippen LogP contribution in [0, 0.1) is 5.82 Å². The first-order chi connectivity index (χ1) is 14.4. The highest BCUT2D eigenvalue weighted by atomic mass is 32.2. The van der Waals surface area contributed by atoms with E-state index in [-0.39, 0.29) is 30.1 Å². The van der Waals surface area contributed by atoms with E-state index < -0.39 is 27.3 Å². The number of aromatic nitrogens is 2. The Bertz CT molecular complexity index is 1260. The van der Waals surface area contributed by atoms with Gasteiger partial charge in [-0.2, -0.15) is 4.31 Å². The van der Waals surface area contributed by atoms with Crippen LogP contribution in [0.25, 0.3) is 5.65 Å². The molecule has 3 heterocycles. The van der Waals surface area contributed by atoms with Gasteiger partial charge in [-0.15, -0.1) is 0 Å². The summed E-state index contributed by atoms with van der Waals surface area (Å²) in [4.78, 5) is 31.2. The molecule has 1 fully saturated rings. The Balaban J connectivity index is 1.54. The molecule has 0 atom stereocenters. The van der Waals surface area contributed by atoms with Gasteiger partial charge in [-0.05, 0) is 42.8 Å². The third kappa shape index (κ3) is 3.71. The van der Waals surface area contributed by atoms with Crippen LogP contribution in [0.4, 0.5) is 4.39 Å². The van der Waals surface area contributed by atoms with E-state index in [9.17, 15) is 22.4 Å². The fourth-order valence-corrected chi connectivity index (χ4v) is 4.91. The third-order valence-corrected chi connectivity index (χ3v) is 6.95. The van der Waals surface area contributed by atoms with Crippen molar-refractivity contribution in [1.82, 2.24) is 18.6 Å². The highest BCUT2D eigenvalue weighted by Gasteiger charge is 2.29. The van der Waals surface area contributed by atoms with Gasteiger partial charge in [-0.1, -0.05) is 6.07 Å². The lowest BCUT2D eigenvalue weighted by atomic mass is 10.2. The van der Waals surface area contributed by atoms with Gasteiger partial charge in [-0.3, -0.25) is 14.0 Å². The van der Waals surface area contributed by atoms with E-state index in [1.54, 1.807) is 24.4 Å². The average Bonchev–Trinajstić information content (AvgIpc) is 3.01. The number of hydrogen-bond acceptors (Lipinski definition) is 5. The second kappa shape index (κ2) is 7.96. The number of hydrogen-bond donors (Lipinski definition) is 0. The van der Waals surface area contributed by atoms with Crippen LogP contribution >= 0.6 is 0 Å². The normalized spacial score (nSPS) is 15.8.